The number of thiazole rings is 1. The average Bonchev–Trinajstić information content (AvgIpc) is 2.97. The van der Waals surface area contributed by atoms with E-state index in [-0.39, 0.29) is 5.97 Å². The predicted octanol–water partition coefficient (Wildman–Crippen LogP) is 2.38. The van der Waals surface area contributed by atoms with Gasteiger partial charge in [-0.3, -0.25) is 9.48 Å². The molecule has 5 nitrogen and oxygen atoms in total. The van der Waals surface area contributed by atoms with Crippen LogP contribution in [0.4, 0.5) is 0 Å². The lowest BCUT2D eigenvalue weighted by Gasteiger charge is -2.19. The van der Waals surface area contributed by atoms with Gasteiger partial charge in [-0.15, -0.1) is 11.3 Å². The van der Waals surface area contributed by atoms with E-state index in [0.717, 1.165) is 16.4 Å². The summed E-state index contributed by atoms with van der Waals surface area (Å²) < 4.78 is 6.82. The first-order valence-electron chi connectivity index (χ1n) is 6.08. The SMILES string of the molecule is CCOC(=O)C(C)(C)c1csc(-c2ccn(C)n2)n1. The maximum atomic E-state index is 11.9. The van der Waals surface area contributed by atoms with Crippen molar-refractivity contribution >= 4 is 17.3 Å². The first kappa shape index (κ1) is 13.7. The standard InChI is InChI=1S/C13H17N3O2S/c1-5-18-12(17)13(2,3)10-8-19-11(14-10)9-6-7-16(4)15-9/h6-8H,5H2,1-4H3. The molecule has 2 aromatic rings. The van der Waals surface area contributed by atoms with Crippen molar-refractivity contribution < 1.29 is 9.53 Å². The second kappa shape index (κ2) is 5.13. The summed E-state index contributed by atoms with van der Waals surface area (Å²) in [6.07, 6.45) is 1.87. The van der Waals surface area contributed by atoms with Crippen LogP contribution in [0.2, 0.25) is 0 Å². The van der Waals surface area contributed by atoms with Crippen molar-refractivity contribution in [2.24, 2.45) is 7.05 Å². The van der Waals surface area contributed by atoms with Crippen molar-refractivity contribution in [2.45, 2.75) is 26.2 Å². The molecule has 0 spiro atoms. The zero-order valence-electron chi connectivity index (χ0n) is 11.5. The largest absolute Gasteiger partial charge is 0.465 e. The number of aryl methyl sites for hydroxylation is 1. The van der Waals surface area contributed by atoms with Crippen LogP contribution in [-0.2, 0) is 22.0 Å². The van der Waals surface area contributed by atoms with Gasteiger partial charge in [0, 0.05) is 18.6 Å². The molecular formula is C13H17N3O2S. The Bertz CT molecular complexity index is 586. The Kier molecular flexibility index (Phi) is 3.71. The molecule has 0 saturated heterocycles. The first-order valence-corrected chi connectivity index (χ1v) is 6.96. The maximum Gasteiger partial charge on any atom is 0.317 e. The minimum atomic E-state index is -0.737. The van der Waals surface area contributed by atoms with E-state index in [0.29, 0.717) is 6.61 Å². The van der Waals surface area contributed by atoms with Gasteiger partial charge in [0.25, 0.3) is 0 Å². The summed E-state index contributed by atoms with van der Waals surface area (Å²) in [5.41, 5.74) is 0.800. The highest BCUT2D eigenvalue weighted by Crippen LogP contribution is 2.30. The zero-order valence-corrected chi connectivity index (χ0v) is 12.3. The quantitative estimate of drug-likeness (QED) is 0.806. The Labute approximate surface area is 116 Å². The van der Waals surface area contributed by atoms with Crippen molar-refractivity contribution in [3.05, 3.63) is 23.3 Å². The first-order chi connectivity index (χ1) is 8.95. The van der Waals surface area contributed by atoms with Gasteiger partial charge in [0.05, 0.1) is 12.3 Å². The van der Waals surface area contributed by atoms with E-state index < -0.39 is 5.41 Å². The Morgan fingerprint density at radius 1 is 1.53 bits per heavy atom. The highest BCUT2D eigenvalue weighted by atomic mass is 32.1. The van der Waals surface area contributed by atoms with Crippen LogP contribution in [0.15, 0.2) is 17.6 Å². The van der Waals surface area contributed by atoms with Crippen LogP contribution in [0.3, 0.4) is 0 Å². The number of carbonyl (C=O) groups is 1. The molecule has 0 aromatic carbocycles. The van der Waals surface area contributed by atoms with Crippen LogP contribution >= 0.6 is 11.3 Å². The fraction of sp³-hybridized carbons (Fsp3) is 0.462. The van der Waals surface area contributed by atoms with Crippen LogP contribution in [0.5, 0.6) is 0 Å². The monoisotopic (exact) mass is 279 g/mol. The van der Waals surface area contributed by atoms with Gasteiger partial charge in [-0.05, 0) is 26.8 Å². The number of carbonyl (C=O) groups excluding carboxylic acids is 1. The van der Waals surface area contributed by atoms with Crippen molar-refractivity contribution in [1.82, 2.24) is 14.8 Å². The van der Waals surface area contributed by atoms with E-state index in [9.17, 15) is 4.79 Å². The number of hydrogen-bond donors (Lipinski definition) is 0. The summed E-state index contributed by atoms with van der Waals surface area (Å²) in [6.45, 7) is 5.82. The fourth-order valence-corrected chi connectivity index (χ4v) is 2.57. The van der Waals surface area contributed by atoms with E-state index in [1.807, 2.05) is 38.5 Å². The van der Waals surface area contributed by atoms with E-state index in [4.69, 9.17) is 4.74 Å². The number of rotatable bonds is 4. The topological polar surface area (TPSA) is 57.0 Å². The molecule has 0 unspecified atom stereocenters. The van der Waals surface area contributed by atoms with Gasteiger partial charge in [-0.25, -0.2) is 4.98 Å². The number of ether oxygens (including phenoxy) is 1. The van der Waals surface area contributed by atoms with Crippen LogP contribution in [0.1, 0.15) is 26.5 Å². The highest BCUT2D eigenvalue weighted by molar-refractivity contribution is 7.13. The molecular weight excluding hydrogens is 262 g/mol. The van der Waals surface area contributed by atoms with Gasteiger partial charge in [-0.1, -0.05) is 0 Å². The van der Waals surface area contributed by atoms with Gasteiger partial charge in [0.2, 0.25) is 0 Å². The summed E-state index contributed by atoms with van der Waals surface area (Å²) in [5.74, 6) is -0.257. The second-order valence-electron chi connectivity index (χ2n) is 4.76. The lowest BCUT2D eigenvalue weighted by molar-refractivity contribution is -0.148. The molecule has 0 atom stereocenters. The second-order valence-corrected chi connectivity index (χ2v) is 5.62. The van der Waals surface area contributed by atoms with Crippen LogP contribution < -0.4 is 0 Å². The number of hydrogen-bond acceptors (Lipinski definition) is 5. The maximum absolute atomic E-state index is 11.9. The highest BCUT2D eigenvalue weighted by Gasteiger charge is 2.34. The van der Waals surface area contributed by atoms with Crippen molar-refractivity contribution in [3.63, 3.8) is 0 Å². The Balaban J connectivity index is 2.28. The average molecular weight is 279 g/mol. The fourth-order valence-electron chi connectivity index (χ4n) is 1.62. The van der Waals surface area contributed by atoms with Gasteiger partial charge < -0.3 is 4.74 Å². The van der Waals surface area contributed by atoms with E-state index in [1.165, 1.54) is 11.3 Å². The molecule has 0 aliphatic carbocycles. The zero-order chi connectivity index (χ0) is 14.0. The molecule has 2 rings (SSSR count). The molecule has 0 bridgehead atoms. The van der Waals surface area contributed by atoms with Crippen LogP contribution in [0, 0.1) is 0 Å². The van der Waals surface area contributed by atoms with Gasteiger partial charge >= 0.3 is 5.97 Å². The normalized spacial score (nSPS) is 11.6. The number of esters is 1. The molecule has 102 valence electrons. The molecule has 2 heterocycles. The minimum absolute atomic E-state index is 0.257. The van der Waals surface area contributed by atoms with Gasteiger partial charge in [0.15, 0.2) is 0 Å². The Morgan fingerprint density at radius 2 is 2.26 bits per heavy atom. The lowest BCUT2D eigenvalue weighted by Crippen LogP contribution is -2.31. The molecule has 0 saturated carbocycles. The van der Waals surface area contributed by atoms with E-state index in [1.54, 1.807) is 11.6 Å². The molecule has 6 heteroatoms. The Hall–Kier alpha value is -1.69. The third-order valence-electron chi connectivity index (χ3n) is 2.86. The third-order valence-corrected chi connectivity index (χ3v) is 3.73. The summed E-state index contributed by atoms with van der Waals surface area (Å²) >= 11 is 1.48. The number of nitrogens with zero attached hydrogens (tertiary/aromatic N) is 3. The van der Waals surface area contributed by atoms with Crippen molar-refractivity contribution in [3.8, 4) is 10.7 Å². The Morgan fingerprint density at radius 3 is 2.84 bits per heavy atom. The van der Waals surface area contributed by atoms with Crippen molar-refractivity contribution in [2.75, 3.05) is 6.61 Å². The van der Waals surface area contributed by atoms with Gasteiger partial charge in [0.1, 0.15) is 16.1 Å². The summed E-state index contributed by atoms with van der Waals surface area (Å²) in [7, 11) is 1.86. The van der Waals surface area contributed by atoms with E-state index >= 15 is 0 Å². The molecule has 2 aromatic heterocycles. The van der Waals surface area contributed by atoms with Gasteiger partial charge in [-0.2, -0.15) is 5.10 Å². The number of aromatic nitrogens is 3. The van der Waals surface area contributed by atoms with Crippen molar-refractivity contribution in [1.29, 1.82) is 0 Å². The molecule has 19 heavy (non-hydrogen) atoms. The van der Waals surface area contributed by atoms with Crippen LogP contribution in [-0.4, -0.2) is 27.3 Å². The van der Waals surface area contributed by atoms with E-state index in [2.05, 4.69) is 10.1 Å². The molecule has 0 fully saturated rings. The molecule has 0 aliphatic rings. The van der Waals surface area contributed by atoms with Crippen LogP contribution in [0.25, 0.3) is 10.7 Å². The predicted molar refractivity (Wildman–Crippen MR) is 74.0 cm³/mol. The summed E-state index contributed by atoms with van der Waals surface area (Å²) in [6, 6.07) is 1.90. The summed E-state index contributed by atoms with van der Waals surface area (Å²) in [5, 5.41) is 7.01. The minimum Gasteiger partial charge on any atom is -0.465 e. The summed E-state index contributed by atoms with van der Waals surface area (Å²) in [4.78, 5) is 16.4. The molecule has 0 radical (unpaired) electrons. The molecule has 0 aliphatic heterocycles. The third kappa shape index (κ3) is 2.68. The molecule has 0 amide bonds. The smallest absolute Gasteiger partial charge is 0.317 e. The lowest BCUT2D eigenvalue weighted by atomic mass is 9.90. The molecule has 0 N–H and O–H groups in total.